The minimum absolute atomic E-state index is 0.337. The molecular weight excluding hydrogens is 310 g/mol. The Balaban J connectivity index is 2.34. The van der Waals surface area contributed by atoms with Gasteiger partial charge in [-0.1, -0.05) is 36.4 Å². The van der Waals surface area contributed by atoms with Crippen molar-refractivity contribution in [3.05, 3.63) is 72.3 Å². The SMILES string of the molecule is COc1ccc(-c2ccccc2F)c(OC)c1-c1ccccc1F. The van der Waals surface area contributed by atoms with Crippen LogP contribution in [-0.2, 0) is 0 Å². The van der Waals surface area contributed by atoms with Crippen molar-refractivity contribution in [2.24, 2.45) is 0 Å². The summed E-state index contributed by atoms with van der Waals surface area (Å²) in [6, 6.07) is 16.1. The summed E-state index contributed by atoms with van der Waals surface area (Å²) in [5, 5.41) is 0. The molecule has 0 heterocycles. The van der Waals surface area contributed by atoms with E-state index >= 15 is 0 Å². The van der Waals surface area contributed by atoms with Crippen molar-refractivity contribution in [2.75, 3.05) is 14.2 Å². The lowest BCUT2D eigenvalue weighted by Gasteiger charge is -2.18. The van der Waals surface area contributed by atoms with Gasteiger partial charge in [-0.2, -0.15) is 0 Å². The Kier molecular flexibility index (Phi) is 4.47. The van der Waals surface area contributed by atoms with Crippen molar-refractivity contribution >= 4 is 0 Å². The Morgan fingerprint density at radius 3 is 1.75 bits per heavy atom. The van der Waals surface area contributed by atoms with Gasteiger partial charge in [-0.05, 0) is 24.3 Å². The molecule has 0 aliphatic rings. The highest BCUT2D eigenvalue weighted by molar-refractivity contribution is 5.86. The summed E-state index contributed by atoms with van der Waals surface area (Å²) in [6.07, 6.45) is 0. The third kappa shape index (κ3) is 2.71. The van der Waals surface area contributed by atoms with Crippen LogP contribution in [0.3, 0.4) is 0 Å². The van der Waals surface area contributed by atoms with Crippen LogP contribution >= 0.6 is 0 Å². The molecule has 0 aliphatic heterocycles. The second-order valence-electron chi connectivity index (χ2n) is 5.18. The third-order valence-corrected chi connectivity index (χ3v) is 3.85. The number of halogens is 2. The van der Waals surface area contributed by atoms with Gasteiger partial charge in [0.15, 0.2) is 0 Å². The molecule has 2 nitrogen and oxygen atoms in total. The number of hydrogen-bond acceptors (Lipinski definition) is 2. The van der Waals surface area contributed by atoms with E-state index < -0.39 is 5.82 Å². The van der Waals surface area contributed by atoms with Crippen LogP contribution < -0.4 is 9.47 Å². The molecule has 3 aromatic carbocycles. The predicted octanol–water partition coefficient (Wildman–Crippen LogP) is 5.32. The molecule has 0 N–H and O–H groups in total. The molecule has 0 unspecified atom stereocenters. The number of rotatable bonds is 4. The molecule has 122 valence electrons. The van der Waals surface area contributed by atoms with Crippen LogP contribution in [0.1, 0.15) is 0 Å². The van der Waals surface area contributed by atoms with E-state index in [0.29, 0.717) is 33.8 Å². The molecule has 4 heteroatoms. The highest BCUT2D eigenvalue weighted by atomic mass is 19.1. The first-order valence-corrected chi connectivity index (χ1v) is 7.42. The summed E-state index contributed by atoms with van der Waals surface area (Å²) in [6.45, 7) is 0. The molecule has 0 saturated heterocycles. The van der Waals surface area contributed by atoms with Gasteiger partial charge in [0.2, 0.25) is 0 Å². The van der Waals surface area contributed by atoms with Crippen LogP contribution in [0.5, 0.6) is 11.5 Å². The standard InChI is InChI=1S/C20H16F2O2/c1-23-18-12-11-14(13-7-3-5-9-16(13)21)20(24-2)19(18)15-8-4-6-10-17(15)22/h3-12H,1-2H3. The average Bonchev–Trinajstić information content (AvgIpc) is 2.61. The molecule has 0 spiro atoms. The summed E-state index contributed by atoms with van der Waals surface area (Å²) in [5.74, 6) is 0.0434. The number of ether oxygens (including phenoxy) is 2. The Morgan fingerprint density at radius 2 is 1.21 bits per heavy atom. The van der Waals surface area contributed by atoms with Crippen LogP contribution in [0.4, 0.5) is 8.78 Å². The van der Waals surface area contributed by atoms with E-state index in [1.807, 2.05) is 0 Å². The molecule has 0 atom stereocenters. The second-order valence-corrected chi connectivity index (χ2v) is 5.18. The summed E-state index contributed by atoms with van der Waals surface area (Å²) in [5.41, 5.74) is 1.72. The third-order valence-electron chi connectivity index (χ3n) is 3.85. The highest BCUT2D eigenvalue weighted by Gasteiger charge is 2.21. The van der Waals surface area contributed by atoms with Crippen molar-refractivity contribution in [1.29, 1.82) is 0 Å². The zero-order chi connectivity index (χ0) is 17.1. The molecule has 3 rings (SSSR count). The lowest BCUT2D eigenvalue weighted by Crippen LogP contribution is -1.98. The van der Waals surface area contributed by atoms with Gasteiger partial charge in [-0.3, -0.25) is 0 Å². The van der Waals surface area contributed by atoms with Gasteiger partial charge in [0.25, 0.3) is 0 Å². The fourth-order valence-electron chi connectivity index (χ4n) is 2.76. The van der Waals surface area contributed by atoms with Crippen LogP contribution in [0.25, 0.3) is 22.3 Å². The maximum absolute atomic E-state index is 14.3. The van der Waals surface area contributed by atoms with E-state index in [1.54, 1.807) is 48.5 Å². The molecule has 0 fully saturated rings. The zero-order valence-electron chi connectivity index (χ0n) is 13.3. The van der Waals surface area contributed by atoms with Gasteiger partial charge in [-0.15, -0.1) is 0 Å². The molecular formula is C20H16F2O2. The Morgan fingerprint density at radius 1 is 0.625 bits per heavy atom. The van der Waals surface area contributed by atoms with E-state index in [0.717, 1.165) is 0 Å². The van der Waals surface area contributed by atoms with Gasteiger partial charge in [0, 0.05) is 16.7 Å². The maximum Gasteiger partial charge on any atom is 0.138 e. The Bertz CT molecular complexity index is 875. The number of benzene rings is 3. The zero-order valence-corrected chi connectivity index (χ0v) is 13.3. The topological polar surface area (TPSA) is 18.5 Å². The van der Waals surface area contributed by atoms with Crippen molar-refractivity contribution in [2.45, 2.75) is 0 Å². The van der Waals surface area contributed by atoms with Gasteiger partial charge in [-0.25, -0.2) is 8.78 Å². The number of hydrogen-bond donors (Lipinski definition) is 0. The first-order chi connectivity index (χ1) is 11.7. The van der Waals surface area contributed by atoms with Gasteiger partial charge in [0.05, 0.1) is 19.8 Å². The molecule has 24 heavy (non-hydrogen) atoms. The highest BCUT2D eigenvalue weighted by Crippen LogP contribution is 2.45. The lowest BCUT2D eigenvalue weighted by atomic mass is 9.95. The van der Waals surface area contributed by atoms with Crippen LogP contribution in [0, 0.1) is 11.6 Å². The van der Waals surface area contributed by atoms with E-state index in [9.17, 15) is 8.78 Å². The normalized spacial score (nSPS) is 10.5. The minimum atomic E-state index is -0.403. The van der Waals surface area contributed by atoms with Gasteiger partial charge < -0.3 is 9.47 Å². The largest absolute Gasteiger partial charge is 0.496 e. The first-order valence-electron chi connectivity index (χ1n) is 7.42. The van der Waals surface area contributed by atoms with Crippen LogP contribution in [-0.4, -0.2) is 14.2 Å². The molecule has 0 aromatic heterocycles. The van der Waals surface area contributed by atoms with Crippen molar-refractivity contribution in [3.63, 3.8) is 0 Å². The first kappa shape index (κ1) is 16.0. The second kappa shape index (κ2) is 6.71. The fraction of sp³-hybridized carbons (Fsp3) is 0.100. The van der Waals surface area contributed by atoms with Gasteiger partial charge >= 0.3 is 0 Å². The maximum atomic E-state index is 14.3. The molecule has 3 aromatic rings. The van der Waals surface area contributed by atoms with Crippen molar-refractivity contribution < 1.29 is 18.3 Å². The monoisotopic (exact) mass is 326 g/mol. The van der Waals surface area contributed by atoms with Crippen LogP contribution in [0.15, 0.2) is 60.7 Å². The molecule has 0 saturated carbocycles. The quantitative estimate of drug-likeness (QED) is 0.646. The van der Waals surface area contributed by atoms with E-state index in [2.05, 4.69) is 0 Å². The minimum Gasteiger partial charge on any atom is -0.496 e. The molecule has 0 amide bonds. The lowest BCUT2D eigenvalue weighted by molar-refractivity contribution is 0.398. The predicted molar refractivity (Wildman–Crippen MR) is 90.3 cm³/mol. The Hall–Kier alpha value is -2.88. The number of methoxy groups -OCH3 is 2. The van der Waals surface area contributed by atoms with Crippen molar-refractivity contribution in [3.8, 4) is 33.8 Å². The van der Waals surface area contributed by atoms with Gasteiger partial charge in [0.1, 0.15) is 23.1 Å². The van der Waals surface area contributed by atoms with Crippen LogP contribution in [0.2, 0.25) is 0 Å². The molecule has 0 radical (unpaired) electrons. The summed E-state index contributed by atoms with van der Waals surface area (Å²) < 4.78 is 39.5. The smallest absolute Gasteiger partial charge is 0.138 e. The van der Waals surface area contributed by atoms with E-state index in [1.165, 1.54) is 26.4 Å². The summed E-state index contributed by atoms with van der Waals surface area (Å²) in [7, 11) is 2.98. The summed E-state index contributed by atoms with van der Waals surface area (Å²) in [4.78, 5) is 0. The fourth-order valence-corrected chi connectivity index (χ4v) is 2.76. The Labute approximate surface area is 139 Å². The summed E-state index contributed by atoms with van der Waals surface area (Å²) >= 11 is 0. The van der Waals surface area contributed by atoms with Crippen molar-refractivity contribution in [1.82, 2.24) is 0 Å². The molecule has 0 aliphatic carbocycles. The average molecular weight is 326 g/mol. The van der Waals surface area contributed by atoms with E-state index in [4.69, 9.17) is 9.47 Å². The molecule has 0 bridgehead atoms. The van der Waals surface area contributed by atoms with E-state index in [-0.39, 0.29) is 5.82 Å².